The van der Waals surface area contributed by atoms with Crippen molar-refractivity contribution in [2.45, 2.75) is 51.4 Å². The zero-order valence-corrected chi connectivity index (χ0v) is 14.4. The van der Waals surface area contributed by atoms with Crippen LogP contribution >= 0.6 is 15.9 Å². The number of alkyl halides is 1. The van der Waals surface area contributed by atoms with Crippen molar-refractivity contribution in [3.8, 4) is 11.4 Å². The number of hydrogen-bond acceptors (Lipinski definition) is 2. The van der Waals surface area contributed by atoms with E-state index < -0.39 is 0 Å². The molecule has 3 nitrogen and oxygen atoms in total. The van der Waals surface area contributed by atoms with Crippen molar-refractivity contribution in [2.24, 2.45) is 0 Å². The van der Waals surface area contributed by atoms with Crippen LogP contribution in [-0.4, -0.2) is 14.8 Å². The molecule has 0 amide bonds. The normalized spacial score (nSPS) is 12.2. The van der Waals surface area contributed by atoms with E-state index in [2.05, 4.69) is 89.6 Å². The summed E-state index contributed by atoms with van der Waals surface area (Å²) in [4.78, 5) is 0. The second-order valence-corrected chi connectivity index (χ2v) is 6.93. The van der Waals surface area contributed by atoms with Gasteiger partial charge in [-0.05, 0) is 24.8 Å². The third-order valence-electron chi connectivity index (χ3n) is 3.41. The number of hydrogen-bond donors (Lipinski definition) is 0. The minimum absolute atomic E-state index is 0.172. The van der Waals surface area contributed by atoms with Gasteiger partial charge in [0.2, 0.25) is 0 Å². The highest BCUT2D eigenvalue weighted by atomic mass is 79.9. The number of halogens is 1. The fraction of sp³-hybridized carbons (Fsp3) is 0.500. The van der Waals surface area contributed by atoms with Crippen LogP contribution in [0.15, 0.2) is 24.3 Å². The van der Waals surface area contributed by atoms with E-state index in [1.807, 2.05) is 0 Å². The maximum absolute atomic E-state index is 4.35. The Morgan fingerprint density at radius 1 is 1.10 bits per heavy atom. The summed E-state index contributed by atoms with van der Waals surface area (Å²) in [5, 5.41) is 9.34. The predicted molar refractivity (Wildman–Crippen MR) is 87.2 cm³/mol. The van der Waals surface area contributed by atoms with Crippen molar-refractivity contribution in [1.82, 2.24) is 14.8 Å². The lowest BCUT2D eigenvalue weighted by molar-refractivity contribution is 0.584. The lowest BCUT2D eigenvalue weighted by Crippen LogP contribution is -2.11. The van der Waals surface area contributed by atoms with E-state index in [1.54, 1.807) is 0 Å². The SMILES string of the molecule is CC(C)n1c(CBr)nnc1-c1ccc(C(C)(C)C)cc1. The molecule has 2 aromatic rings. The second kappa shape index (κ2) is 5.68. The number of nitrogens with zero attached hydrogens (tertiary/aromatic N) is 3. The van der Waals surface area contributed by atoms with Gasteiger partial charge in [-0.15, -0.1) is 10.2 Å². The summed E-state index contributed by atoms with van der Waals surface area (Å²) in [6.07, 6.45) is 0. The topological polar surface area (TPSA) is 30.7 Å². The second-order valence-electron chi connectivity index (χ2n) is 6.36. The molecule has 0 spiro atoms. The van der Waals surface area contributed by atoms with Gasteiger partial charge in [0, 0.05) is 11.6 Å². The molecule has 0 aliphatic carbocycles. The van der Waals surface area contributed by atoms with Gasteiger partial charge in [0.25, 0.3) is 0 Å². The summed E-state index contributed by atoms with van der Waals surface area (Å²) >= 11 is 3.48. The first kappa shape index (κ1) is 15.2. The fourth-order valence-electron chi connectivity index (χ4n) is 2.27. The maximum Gasteiger partial charge on any atom is 0.164 e. The highest BCUT2D eigenvalue weighted by molar-refractivity contribution is 9.08. The van der Waals surface area contributed by atoms with E-state index >= 15 is 0 Å². The standard InChI is InChI=1S/C16H22BrN3/c1-11(2)20-14(10-17)18-19-15(20)12-6-8-13(9-7-12)16(3,4)5/h6-9,11H,10H2,1-5H3. The van der Waals surface area contributed by atoms with Crippen LogP contribution in [0.1, 0.15) is 52.0 Å². The quantitative estimate of drug-likeness (QED) is 0.760. The Morgan fingerprint density at radius 3 is 2.15 bits per heavy atom. The molecule has 108 valence electrons. The molecule has 0 atom stereocenters. The molecule has 0 aliphatic heterocycles. The first-order chi connectivity index (χ1) is 9.34. The Morgan fingerprint density at radius 2 is 1.70 bits per heavy atom. The number of benzene rings is 1. The first-order valence-electron chi connectivity index (χ1n) is 6.95. The van der Waals surface area contributed by atoms with Gasteiger partial charge in [-0.2, -0.15) is 0 Å². The van der Waals surface area contributed by atoms with Crippen molar-refractivity contribution in [3.05, 3.63) is 35.7 Å². The predicted octanol–water partition coefficient (Wildman–Crippen LogP) is 4.72. The summed E-state index contributed by atoms with van der Waals surface area (Å²) in [6, 6.07) is 8.99. The van der Waals surface area contributed by atoms with Crippen LogP contribution in [0.4, 0.5) is 0 Å². The van der Waals surface area contributed by atoms with Crippen LogP contribution < -0.4 is 0 Å². The number of rotatable bonds is 3. The van der Waals surface area contributed by atoms with Gasteiger partial charge < -0.3 is 4.57 Å². The molecule has 0 aliphatic rings. The summed E-state index contributed by atoms with van der Waals surface area (Å²) in [5.74, 6) is 1.91. The Balaban J connectivity index is 2.45. The Kier molecular flexibility index (Phi) is 4.33. The lowest BCUT2D eigenvalue weighted by atomic mass is 9.86. The number of aromatic nitrogens is 3. The molecule has 0 saturated heterocycles. The smallest absolute Gasteiger partial charge is 0.164 e. The van der Waals surface area contributed by atoms with E-state index in [4.69, 9.17) is 0 Å². The average Bonchev–Trinajstić information content (AvgIpc) is 2.81. The first-order valence-corrected chi connectivity index (χ1v) is 8.07. The van der Waals surface area contributed by atoms with Crippen LogP contribution in [-0.2, 0) is 10.7 Å². The van der Waals surface area contributed by atoms with E-state index in [0.29, 0.717) is 6.04 Å². The fourth-order valence-corrected chi connectivity index (χ4v) is 2.66. The van der Waals surface area contributed by atoms with Crippen LogP contribution in [0.5, 0.6) is 0 Å². The molecule has 0 fully saturated rings. The molecule has 1 aromatic heterocycles. The highest BCUT2D eigenvalue weighted by Crippen LogP contribution is 2.27. The van der Waals surface area contributed by atoms with Gasteiger partial charge in [-0.25, -0.2) is 0 Å². The molecular weight excluding hydrogens is 314 g/mol. The molecule has 0 bridgehead atoms. The minimum Gasteiger partial charge on any atom is -0.308 e. The molecule has 4 heteroatoms. The summed E-state index contributed by atoms with van der Waals surface area (Å²) in [5.41, 5.74) is 2.62. The zero-order valence-electron chi connectivity index (χ0n) is 12.8. The Bertz CT molecular complexity index is 577. The summed E-state index contributed by atoms with van der Waals surface area (Å²) in [6.45, 7) is 11.0. The van der Waals surface area contributed by atoms with E-state index in [1.165, 1.54) is 5.56 Å². The third-order valence-corrected chi connectivity index (χ3v) is 3.91. The van der Waals surface area contributed by atoms with Crippen molar-refractivity contribution in [1.29, 1.82) is 0 Å². The molecule has 0 radical (unpaired) electrons. The van der Waals surface area contributed by atoms with E-state index in [9.17, 15) is 0 Å². The van der Waals surface area contributed by atoms with Gasteiger partial charge in [-0.1, -0.05) is 61.0 Å². The van der Waals surface area contributed by atoms with Crippen LogP contribution in [0.3, 0.4) is 0 Å². The zero-order chi connectivity index (χ0) is 14.9. The van der Waals surface area contributed by atoms with Crippen molar-refractivity contribution >= 4 is 15.9 Å². The minimum atomic E-state index is 0.172. The van der Waals surface area contributed by atoms with E-state index in [0.717, 1.165) is 22.5 Å². The van der Waals surface area contributed by atoms with Crippen LogP contribution in [0.25, 0.3) is 11.4 Å². The molecule has 2 rings (SSSR count). The summed E-state index contributed by atoms with van der Waals surface area (Å²) < 4.78 is 2.18. The van der Waals surface area contributed by atoms with Crippen LogP contribution in [0.2, 0.25) is 0 Å². The largest absolute Gasteiger partial charge is 0.308 e. The molecule has 20 heavy (non-hydrogen) atoms. The van der Waals surface area contributed by atoms with Gasteiger partial charge in [0.1, 0.15) is 5.82 Å². The Hall–Kier alpha value is -1.16. The van der Waals surface area contributed by atoms with Crippen molar-refractivity contribution < 1.29 is 0 Å². The molecular formula is C16H22BrN3. The average molecular weight is 336 g/mol. The van der Waals surface area contributed by atoms with Gasteiger partial charge in [-0.3, -0.25) is 0 Å². The highest BCUT2D eigenvalue weighted by Gasteiger charge is 2.17. The molecule has 0 unspecified atom stereocenters. The molecule has 1 heterocycles. The summed E-state index contributed by atoms with van der Waals surface area (Å²) in [7, 11) is 0. The molecule has 0 N–H and O–H groups in total. The van der Waals surface area contributed by atoms with Gasteiger partial charge in [0.05, 0.1) is 5.33 Å². The van der Waals surface area contributed by atoms with Crippen molar-refractivity contribution in [2.75, 3.05) is 0 Å². The molecule has 0 saturated carbocycles. The van der Waals surface area contributed by atoms with Crippen LogP contribution in [0, 0.1) is 0 Å². The van der Waals surface area contributed by atoms with E-state index in [-0.39, 0.29) is 5.41 Å². The van der Waals surface area contributed by atoms with Gasteiger partial charge >= 0.3 is 0 Å². The Labute approximate surface area is 129 Å². The lowest BCUT2D eigenvalue weighted by Gasteiger charge is -2.19. The third kappa shape index (κ3) is 2.95. The van der Waals surface area contributed by atoms with Gasteiger partial charge in [0.15, 0.2) is 5.82 Å². The van der Waals surface area contributed by atoms with Crippen molar-refractivity contribution in [3.63, 3.8) is 0 Å². The monoisotopic (exact) mass is 335 g/mol. The molecule has 1 aromatic carbocycles. The maximum atomic E-state index is 4.35.